The van der Waals surface area contributed by atoms with Crippen molar-refractivity contribution in [1.29, 1.82) is 0 Å². The van der Waals surface area contributed by atoms with Crippen LogP contribution >= 0.6 is 0 Å². The fourth-order valence-corrected chi connectivity index (χ4v) is 2.73. The smallest absolute Gasteiger partial charge is 0.194 e. The van der Waals surface area contributed by atoms with Crippen LogP contribution in [0.1, 0.15) is 18.1 Å². The van der Waals surface area contributed by atoms with Gasteiger partial charge in [-0.05, 0) is 36.6 Å². The molecule has 2 rings (SSSR count). The molecule has 1 N–H and O–H groups in total. The van der Waals surface area contributed by atoms with E-state index in [1.807, 2.05) is 0 Å². The van der Waals surface area contributed by atoms with Gasteiger partial charge in [-0.2, -0.15) is 0 Å². The van der Waals surface area contributed by atoms with Crippen LogP contribution in [-0.2, 0) is 17.7 Å². The van der Waals surface area contributed by atoms with Crippen molar-refractivity contribution >= 4 is 5.96 Å². The SMILES string of the molecule is CCNC(=NCCOC)N1CCc2cc(OC)c(OC)cc2C1. The van der Waals surface area contributed by atoms with Gasteiger partial charge in [-0.15, -0.1) is 0 Å². The summed E-state index contributed by atoms with van der Waals surface area (Å²) in [6, 6.07) is 4.15. The molecule has 0 bridgehead atoms. The van der Waals surface area contributed by atoms with Crippen molar-refractivity contribution in [2.75, 3.05) is 47.6 Å². The van der Waals surface area contributed by atoms with Gasteiger partial charge < -0.3 is 24.4 Å². The third-order valence-corrected chi connectivity index (χ3v) is 3.91. The minimum atomic E-state index is 0.629. The minimum Gasteiger partial charge on any atom is -0.493 e. The van der Waals surface area contributed by atoms with Crippen molar-refractivity contribution in [3.05, 3.63) is 23.3 Å². The largest absolute Gasteiger partial charge is 0.493 e. The molecule has 0 aromatic heterocycles. The van der Waals surface area contributed by atoms with E-state index >= 15 is 0 Å². The van der Waals surface area contributed by atoms with Gasteiger partial charge in [-0.1, -0.05) is 0 Å². The molecule has 23 heavy (non-hydrogen) atoms. The van der Waals surface area contributed by atoms with Crippen LogP contribution in [0, 0.1) is 0 Å². The lowest BCUT2D eigenvalue weighted by molar-refractivity contribution is 0.207. The van der Waals surface area contributed by atoms with Crippen molar-refractivity contribution in [3.63, 3.8) is 0 Å². The predicted octanol–water partition coefficient (Wildman–Crippen LogP) is 1.67. The lowest BCUT2D eigenvalue weighted by Crippen LogP contribution is -2.44. The monoisotopic (exact) mass is 321 g/mol. The Hall–Kier alpha value is -1.95. The summed E-state index contributed by atoms with van der Waals surface area (Å²) < 4.78 is 15.9. The molecule has 6 nitrogen and oxygen atoms in total. The molecule has 0 unspecified atom stereocenters. The second-order valence-electron chi connectivity index (χ2n) is 5.38. The molecule has 0 amide bonds. The average Bonchev–Trinajstić information content (AvgIpc) is 2.59. The zero-order chi connectivity index (χ0) is 16.7. The second-order valence-corrected chi connectivity index (χ2v) is 5.38. The normalized spacial score (nSPS) is 14.4. The van der Waals surface area contributed by atoms with Gasteiger partial charge in [0.1, 0.15) is 0 Å². The van der Waals surface area contributed by atoms with E-state index in [4.69, 9.17) is 14.2 Å². The van der Waals surface area contributed by atoms with Crippen molar-refractivity contribution in [1.82, 2.24) is 10.2 Å². The van der Waals surface area contributed by atoms with Gasteiger partial charge in [0.05, 0.1) is 27.4 Å². The summed E-state index contributed by atoms with van der Waals surface area (Å²) in [4.78, 5) is 6.90. The summed E-state index contributed by atoms with van der Waals surface area (Å²) >= 11 is 0. The van der Waals surface area contributed by atoms with Gasteiger partial charge in [0, 0.05) is 26.7 Å². The Balaban J connectivity index is 2.18. The number of aliphatic imine (C=N–C) groups is 1. The molecule has 0 atom stereocenters. The average molecular weight is 321 g/mol. The Kier molecular flexibility index (Phi) is 6.52. The van der Waals surface area contributed by atoms with Crippen LogP contribution in [-0.4, -0.2) is 58.4 Å². The van der Waals surface area contributed by atoms with E-state index in [0.29, 0.717) is 13.2 Å². The fourth-order valence-electron chi connectivity index (χ4n) is 2.73. The number of hydrogen-bond donors (Lipinski definition) is 1. The first-order valence-electron chi connectivity index (χ1n) is 7.99. The Morgan fingerprint density at radius 3 is 2.48 bits per heavy atom. The zero-order valence-electron chi connectivity index (χ0n) is 14.5. The molecule has 1 aliphatic rings. The topological polar surface area (TPSA) is 55.3 Å². The summed E-state index contributed by atoms with van der Waals surface area (Å²) in [6.45, 7) is 5.97. The van der Waals surface area contributed by atoms with Crippen LogP contribution in [0.2, 0.25) is 0 Å². The first-order valence-corrected chi connectivity index (χ1v) is 7.99. The first-order chi connectivity index (χ1) is 11.2. The Morgan fingerprint density at radius 2 is 1.87 bits per heavy atom. The molecule has 0 fully saturated rings. The van der Waals surface area contributed by atoms with E-state index in [9.17, 15) is 0 Å². The van der Waals surface area contributed by atoms with Gasteiger partial charge in [-0.25, -0.2) is 0 Å². The molecule has 1 aromatic carbocycles. The molecule has 0 radical (unpaired) electrons. The molecule has 128 valence electrons. The summed E-state index contributed by atoms with van der Waals surface area (Å²) in [5, 5.41) is 3.36. The van der Waals surface area contributed by atoms with Crippen molar-refractivity contribution in [2.24, 2.45) is 4.99 Å². The van der Waals surface area contributed by atoms with Gasteiger partial charge in [0.2, 0.25) is 0 Å². The number of benzene rings is 1. The number of guanidine groups is 1. The molecular formula is C17H27N3O3. The summed E-state index contributed by atoms with van der Waals surface area (Å²) in [7, 11) is 5.03. The fraction of sp³-hybridized carbons (Fsp3) is 0.588. The van der Waals surface area contributed by atoms with Crippen LogP contribution in [0.25, 0.3) is 0 Å². The maximum absolute atomic E-state index is 5.42. The molecule has 6 heteroatoms. The Labute approximate surface area is 138 Å². The van der Waals surface area contributed by atoms with Crippen LogP contribution in [0.4, 0.5) is 0 Å². The van der Waals surface area contributed by atoms with Crippen molar-refractivity contribution < 1.29 is 14.2 Å². The summed E-state index contributed by atoms with van der Waals surface area (Å²) in [5.74, 6) is 2.50. The second kappa shape index (κ2) is 8.62. The molecule has 0 saturated carbocycles. The number of ether oxygens (including phenoxy) is 3. The van der Waals surface area contributed by atoms with Crippen molar-refractivity contribution in [3.8, 4) is 11.5 Å². The third kappa shape index (κ3) is 4.28. The lowest BCUT2D eigenvalue weighted by Gasteiger charge is -2.32. The first kappa shape index (κ1) is 17.4. The van der Waals surface area contributed by atoms with E-state index in [0.717, 1.165) is 43.5 Å². The highest BCUT2D eigenvalue weighted by Crippen LogP contribution is 2.33. The number of fused-ring (bicyclic) bond motifs is 1. The van der Waals surface area contributed by atoms with E-state index in [2.05, 4.69) is 34.3 Å². The number of rotatable bonds is 6. The van der Waals surface area contributed by atoms with Crippen LogP contribution in [0.15, 0.2) is 17.1 Å². The maximum atomic E-state index is 5.42. The molecule has 1 aromatic rings. The Bertz CT molecular complexity index is 546. The zero-order valence-corrected chi connectivity index (χ0v) is 14.5. The maximum Gasteiger partial charge on any atom is 0.194 e. The van der Waals surface area contributed by atoms with Gasteiger partial charge in [-0.3, -0.25) is 4.99 Å². The molecule has 1 aliphatic heterocycles. The van der Waals surface area contributed by atoms with Gasteiger partial charge >= 0.3 is 0 Å². The quantitative estimate of drug-likeness (QED) is 0.491. The van der Waals surface area contributed by atoms with Gasteiger partial charge in [0.15, 0.2) is 17.5 Å². The van der Waals surface area contributed by atoms with Crippen LogP contribution < -0.4 is 14.8 Å². The number of hydrogen-bond acceptors (Lipinski definition) is 4. The van der Waals surface area contributed by atoms with Crippen molar-refractivity contribution in [2.45, 2.75) is 19.9 Å². The van der Waals surface area contributed by atoms with E-state index in [-0.39, 0.29) is 0 Å². The highest BCUT2D eigenvalue weighted by atomic mass is 16.5. The Morgan fingerprint density at radius 1 is 1.17 bits per heavy atom. The highest BCUT2D eigenvalue weighted by molar-refractivity contribution is 5.80. The highest BCUT2D eigenvalue weighted by Gasteiger charge is 2.21. The molecule has 0 aliphatic carbocycles. The standard InChI is InChI=1S/C17H27N3O3/c1-5-18-17(19-7-9-21-2)20-8-6-13-10-15(22-3)16(23-4)11-14(13)12-20/h10-11H,5-9,12H2,1-4H3,(H,18,19). The summed E-state index contributed by atoms with van der Waals surface area (Å²) in [6.07, 6.45) is 0.963. The minimum absolute atomic E-state index is 0.629. The van der Waals surface area contributed by atoms with Crippen LogP contribution in [0.5, 0.6) is 11.5 Å². The van der Waals surface area contributed by atoms with Crippen LogP contribution in [0.3, 0.4) is 0 Å². The number of nitrogens with zero attached hydrogens (tertiary/aromatic N) is 2. The third-order valence-electron chi connectivity index (χ3n) is 3.91. The molecule has 0 saturated heterocycles. The van der Waals surface area contributed by atoms with E-state index < -0.39 is 0 Å². The predicted molar refractivity (Wildman–Crippen MR) is 91.5 cm³/mol. The number of nitrogens with one attached hydrogen (secondary N) is 1. The summed E-state index contributed by atoms with van der Waals surface area (Å²) in [5.41, 5.74) is 2.57. The van der Waals surface area contributed by atoms with Gasteiger partial charge in [0.25, 0.3) is 0 Å². The molecule has 1 heterocycles. The molecular weight excluding hydrogens is 294 g/mol. The lowest BCUT2D eigenvalue weighted by atomic mass is 9.99. The van der Waals surface area contributed by atoms with E-state index in [1.165, 1.54) is 11.1 Å². The molecule has 0 spiro atoms. The number of methoxy groups -OCH3 is 3. The van der Waals surface area contributed by atoms with E-state index in [1.54, 1.807) is 21.3 Å².